The highest BCUT2D eigenvalue weighted by molar-refractivity contribution is 5.89. The average molecular weight is 362 g/mol. The number of hydrogen-bond acceptors (Lipinski definition) is 3. The minimum Gasteiger partial charge on any atom is -0.497 e. The molecule has 0 aliphatic rings. The van der Waals surface area contributed by atoms with Crippen LogP contribution in [0.1, 0.15) is 11.1 Å². The van der Waals surface area contributed by atoms with Gasteiger partial charge >= 0.3 is 0 Å². The SMILES string of the molecule is COc1ccc(C[C@H](NC(=O)Cc2ccc3ccccc3c2)C(N)=O)cc1. The quantitative estimate of drug-likeness (QED) is 0.678. The van der Waals surface area contributed by atoms with Crippen LogP contribution in [-0.2, 0) is 22.4 Å². The number of ether oxygens (including phenoxy) is 1. The fourth-order valence-electron chi connectivity index (χ4n) is 3.00. The number of carbonyl (C=O) groups is 2. The molecule has 5 nitrogen and oxygen atoms in total. The molecule has 0 saturated heterocycles. The number of nitrogens with one attached hydrogen (secondary N) is 1. The summed E-state index contributed by atoms with van der Waals surface area (Å²) in [6.45, 7) is 0. The smallest absolute Gasteiger partial charge is 0.240 e. The molecule has 0 radical (unpaired) electrons. The molecule has 0 unspecified atom stereocenters. The van der Waals surface area contributed by atoms with Crippen LogP contribution in [0.4, 0.5) is 0 Å². The minimum atomic E-state index is -0.758. The van der Waals surface area contributed by atoms with Gasteiger partial charge in [0.1, 0.15) is 11.8 Å². The van der Waals surface area contributed by atoms with E-state index in [1.165, 1.54) is 0 Å². The van der Waals surface area contributed by atoms with Crippen LogP contribution in [0.25, 0.3) is 10.8 Å². The first-order valence-corrected chi connectivity index (χ1v) is 8.74. The maximum absolute atomic E-state index is 12.4. The standard InChI is InChI=1S/C22H22N2O3/c1-27-19-10-7-15(8-11-19)13-20(22(23)26)24-21(25)14-16-6-9-17-4-2-3-5-18(17)12-16/h2-12,20H,13-14H2,1H3,(H2,23,26)(H,24,25)/t20-/m0/s1. The molecule has 3 aromatic carbocycles. The van der Waals surface area contributed by atoms with Gasteiger partial charge < -0.3 is 15.8 Å². The Labute approximate surface area is 158 Å². The summed E-state index contributed by atoms with van der Waals surface area (Å²) < 4.78 is 5.12. The van der Waals surface area contributed by atoms with Crippen LogP contribution in [0.15, 0.2) is 66.7 Å². The number of carbonyl (C=O) groups excluding carboxylic acids is 2. The third kappa shape index (κ3) is 4.85. The Kier molecular flexibility index (Phi) is 5.71. The van der Waals surface area contributed by atoms with Crippen LogP contribution in [0.3, 0.4) is 0 Å². The molecular formula is C22H22N2O3. The highest BCUT2D eigenvalue weighted by Crippen LogP contribution is 2.16. The van der Waals surface area contributed by atoms with E-state index in [1.54, 1.807) is 7.11 Å². The van der Waals surface area contributed by atoms with Crippen molar-refractivity contribution in [1.29, 1.82) is 0 Å². The zero-order chi connectivity index (χ0) is 19.2. The topological polar surface area (TPSA) is 81.4 Å². The van der Waals surface area contributed by atoms with Crippen molar-refractivity contribution in [2.45, 2.75) is 18.9 Å². The van der Waals surface area contributed by atoms with Crippen LogP contribution in [0.2, 0.25) is 0 Å². The number of nitrogens with two attached hydrogens (primary N) is 1. The van der Waals surface area contributed by atoms with Crippen LogP contribution in [0.5, 0.6) is 5.75 Å². The monoisotopic (exact) mass is 362 g/mol. The molecule has 0 heterocycles. The van der Waals surface area contributed by atoms with E-state index in [2.05, 4.69) is 5.32 Å². The number of methoxy groups -OCH3 is 1. The lowest BCUT2D eigenvalue weighted by Crippen LogP contribution is -2.46. The van der Waals surface area contributed by atoms with Crippen LogP contribution >= 0.6 is 0 Å². The van der Waals surface area contributed by atoms with Crippen LogP contribution in [-0.4, -0.2) is 25.0 Å². The molecule has 138 valence electrons. The predicted molar refractivity (Wildman–Crippen MR) is 105 cm³/mol. The third-order valence-corrected chi connectivity index (χ3v) is 4.46. The Balaban J connectivity index is 1.65. The van der Waals surface area contributed by atoms with Gasteiger partial charge in [-0.25, -0.2) is 0 Å². The Morgan fingerprint density at radius 3 is 2.30 bits per heavy atom. The van der Waals surface area contributed by atoms with Crippen molar-refractivity contribution in [2.24, 2.45) is 5.73 Å². The normalized spacial score (nSPS) is 11.7. The third-order valence-electron chi connectivity index (χ3n) is 4.46. The van der Waals surface area contributed by atoms with Crippen molar-refractivity contribution in [2.75, 3.05) is 7.11 Å². The average Bonchev–Trinajstić information content (AvgIpc) is 2.68. The zero-order valence-electron chi connectivity index (χ0n) is 15.1. The molecule has 0 fully saturated rings. The number of fused-ring (bicyclic) bond motifs is 1. The molecule has 3 aromatic rings. The summed E-state index contributed by atoms with van der Waals surface area (Å²) in [6, 6.07) is 20.4. The number of amides is 2. The maximum atomic E-state index is 12.4. The maximum Gasteiger partial charge on any atom is 0.240 e. The van der Waals surface area contributed by atoms with Crippen molar-refractivity contribution < 1.29 is 14.3 Å². The summed E-state index contributed by atoms with van der Waals surface area (Å²) in [4.78, 5) is 24.2. The van der Waals surface area contributed by atoms with Crippen molar-refractivity contribution in [3.8, 4) is 5.75 Å². The fourth-order valence-corrected chi connectivity index (χ4v) is 3.00. The first kappa shape index (κ1) is 18.5. The van der Waals surface area contributed by atoms with Crippen LogP contribution in [0, 0.1) is 0 Å². The van der Waals surface area contributed by atoms with Gasteiger partial charge in [0.15, 0.2) is 0 Å². The molecule has 27 heavy (non-hydrogen) atoms. The van der Waals surface area contributed by atoms with E-state index in [0.717, 1.165) is 27.6 Å². The van der Waals surface area contributed by atoms with Gasteiger partial charge in [0.25, 0.3) is 0 Å². The van der Waals surface area contributed by atoms with Crippen molar-refractivity contribution in [1.82, 2.24) is 5.32 Å². The molecule has 1 atom stereocenters. The first-order valence-electron chi connectivity index (χ1n) is 8.74. The molecule has 0 aliphatic carbocycles. The molecule has 0 aromatic heterocycles. The predicted octanol–water partition coefficient (Wildman–Crippen LogP) is 2.60. The summed E-state index contributed by atoms with van der Waals surface area (Å²) in [5.41, 5.74) is 7.26. The highest BCUT2D eigenvalue weighted by Gasteiger charge is 2.19. The molecule has 0 aliphatic heterocycles. The Morgan fingerprint density at radius 2 is 1.63 bits per heavy atom. The second-order valence-corrected chi connectivity index (χ2v) is 6.43. The molecular weight excluding hydrogens is 340 g/mol. The van der Waals surface area contributed by atoms with E-state index in [-0.39, 0.29) is 12.3 Å². The van der Waals surface area contributed by atoms with E-state index >= 15 is 0 Å². The lowest BCUT2D eigenvalue weighted by Gasteiger charge is -2.16. The van der Waals surface area contributed by atoms with Crippen LogP contribution < -0.4 is 15.8 Å². The number of primary amides is 1. The van der Waals surface area contributed by atoms with E-state index in [1.807, 2.05) is 66.7 Å². The Hall–Kier alpha value is -3.34. The van der Waals surface area contributed by atoms with Gasteiger partial charge in [0.05, 0.1) is 13.5 Å². The van der Waals surface area contributed by atoms with Gasteiger partial charge in [-0.05, 0) is 34.0 Å². The van der Waals surface area contributed by atoms with Gasteiger partial charge in [-0.3, -0.25) is 9.59 Å². The largest absolute Gasteiger partial charge is 0.497 e. The Morgan fingerprint density at radius 1 is 0.963 bits per heavy atom. The summed E-state index contributed by atoms with van der Waals surface area (Å²) in [6.07, 6.45) is 0.528. The Bertz CT molecular complexity index is 951. The molecule has 0 bridgehead atoms. The van der Waals surface area contributed by atoms with E-state index < -0.39 is 11.9 Å². The lowest BCUT2D eigenvalue weighted by atomic mass is 10.0. The number of benzene rings is 3. The molecule has 2 amide bonds. The van der Waals surface area contributed by atoms with E-state index in [0.29, 0.717) is 6.42 Å². The minimum absolute atomic E-state index is 0.192. The summed E-state index contributed by atoms with van der Waals surface area (Å²) in [5, 5.41) is 4.94. The fraction of sp³-hybridized carbons (Fsp3) is 0.182. The van der Waals surface area contributed by atoms with Gasteiger partial charge in [-0.1, -0.05) is 54.6 Å². The number of hydrogen-bond donors (Lipinski definition) is 2. The molecule has 0 saturated carbocycles. The summed E-state index contributed by atoms with van der Waals surface area (Å²) >= 11 is 0. The van der Waals surface area contributed by atoms with Gasteiger partial charge in [0, 0.05) is 6.42 Å². The van der Waals surface area contributed by atoms with Gasteiger partial charge in [-0.2, -0.15) is 0 Å². The molecule has 5 heteroatoms. The summed E-state index contributed by atoms with van der Waals surface area (Å²) in [7, 11) is 1.59. The molecule has 0 spiro atoms. The number of rotatable bonds is 7. The second-order valence-electron chi connectivity index (χ2n) is 6.43. The lowest BCUT2D eigenvalue weighted by molar-refractivity contribution is -0.127. The van der Waals surface area contributed by atoms with E-state index in [9.17, 15) is 9.59 Å². The van der Waals surface area contributed by atoms with Crippen molar-refractivity contribution in [3.63, 3.8) is 0 Å². The van der Waals surface area contributed by atoms with Crippen molar-refractivity contribution >= 4 is 22.6 Å². The van der Waals surface area contributed by atoms with Crippen molar-refractivity contribution in [3.05, 3.63) is 77.9 Å². The highest BCUT2D eigenvalue weighted by atomic mass is 16.5. The first-order chi connectivity index (χ1) is 13.0. The van der Waals surface area contributed by atoms with E-state index in [4.69, 9.17) is 10.5 Å². The molecule has 3 rings (SSSR count). The second kappa shape index (κ2) is 8.36. The van der Waals surface area contributed by atoms with Gasteiger partial charge in [-0.15, -0.1) is 0 Å². The zero-order valence-corrected chi connectivity index (χ0v) is 15.1. The molecule has 3 N–H and O–H groups in total. The summed E-state index contributed by atoms with van der Waals surface area (Å²) in [5.74, 6) is -0.0602. The van der Waals surface area contributed by atoms with Gasteiger partial charge in [0.2, 0.25) is 11.8 Å².